The van der Waals surface area contributed by atoms with E-state index in [4.69, 9.17) is 9.47 Å². The van der Waals surface area contributed by atoms with Gasteiger partial charge >= 0.3 is 153 Å². The first kappa shape index (κ1) is 20.6. The monoisotopic (exact) mass is 556 g/mol. The molecule has 0 aromatic carbocycles. The zero-order valence-electron chi connectivity index (χ0n) is 14.9. The Labute approximate surface area is 151 Å². The van der Waals surface area contributed by atoms with Gasteiger partial charge in [-0.2, -0.15) is 0 Å². The summed E-state index contributed by atoms with van der Waals surface area (Å²) in [4.78, 5) is 14.5. The van der Waals surface area contributed by atoms with E-state index in [2.05, 4.69) is 53.2 Å². The summed E-state index contributed by atoms with van der Waals surface area (Å²) in [6, 6.07) is 6.49. The predicted octanol–water partition coefficient (Wildman–Crippen LogP) is 4.60. The van der Waals surface area contributed by atoms with Crippen molar-refractivity contribution in [2.24, 2.45) is 0 Å². The maximum absolute atomic E-state index is 5.14. The van der Waals surface area contributed by atoms with Crippen LogP contribution in [0.25, 0.3) is 0 Å². The third-order valence-corrected chi connectivity index (χ3v) is 21.0. The first-order valence-corrected chi connectivity index (χ1v) is 29.0. The number of hydrogen-bond acceptors (Lipinski definition) is 4. The normalized spacial score (nSPS) is 11.6. The molecule has 0 saturated carbocycles. The molecule has 0 spiro atoms. The van der Waals surface area contributed by atoms with Crippen molar-refractivity contribution in [1.82, 2.24) is 0 Å². The molecule has 2 aromatic heterocycles. The average molecular weight is 554 g/mol. The van der Waals surface area contributed by atoms with Crippen LogP contribution in [0.2, 0.25) is 29.6 Å². The molecule has 0 aliphatic rings. The SMILES string of the molecule is COc1c[c]([Sn]([CH3])([CH3])[CH3])cs1.COc1cc[c]([Sn]([CH3])([CH3])[CH3])s1. The van der Waals surface area contributed by atoms with Gasteiger partial charge < -0.3 is 0 Å². The Kier molecular flexibility index (Phi) is 8.09. The van der Waals surface area contributed by atoms with Gasteiger partial charge in [-0.15, -0.1) is 0 Å². The van der Waals surface area contributed by atoms with Crippen molar-refractivity contribution in [2.45, 2.75) is 29.6 Å². The van der Waals surface area contributed by atoms with Crippen LogP contribution < -0.4 is 15.9 Å². The van der Waals surface area contributed by atoms with Gasteiger partial charge in [0.2, 0.25) is 0 Å². The Morgan fingerprint density at radius 2 is 1.41 bits per heavy atom. The summed E-state index contributed by atoms with van der Waals surface area (Å²) in [5.41, 5.74) is 0. The van der Waals surface area contributed by atoms with Gasteiger partial charge in [-0.3, -0.25) is 0 Å². The van der Waals surface area contributed by atoms with Crippen molar-refractivity contribution < 1.29 is 9.47 Å². The van der Waals surface area contributed by atoms with Gasteiger partial charge in [-0.25, -0.2) is 0 Å². The van der Waals surface area contributed by atoms with E-state index < -0.39 is 36.8 Å². The van der Waals surface area contributed by atoms with Crippen LogP contribution in [0.1, 0.15) is 0 Å². The Balaban J connectivity index is 0.000000220. The zero-order valence-corrected chi connectivity index (χ0v) is 22.3. The van der Waals surface area contributed by atoms with Gasteiger partial charge in [-0.05, 0) is 0 Å². The summed E-state index contributed by atoms with van der Waals surface area (Å²) in [6.07, 6.45) is 0. The molecule has 124 valence electrons. The van der Waals surface area contributed by atoms with Gasteiger partial charge in [0.1, 0.15) is 0 Å². The first-order valence-electron chi connectivity index (χ1n) is 7.35. The molecule has 2 aromatic rings. The molecule has 0 radical (unpaired) electrons. The molecule has 2 heterocycles. The van der Waals surface area contributed by atoms with E-state index in [9.17, 15) is 0 Å². The molecule has 0 aliphatic heterocycles. The van der Waals surface area contributed by atoms with Gasteiger partial charge in [0.15, 0.2) is 0 Å². The van der Waals surface area contributed by atoms with Crippen molar-refractivity contribution in [1.29, 1.82) is 0 Å². The van der Waals surface area contributed by atoms with E-state index in [1.54, 1.807) is 32.0 Å². The molecule has 0 saturated heterocycles. The van der Waals surface area contributed by atoms with Crippen LogP contribution in [-0.2, 0) is 0 Å². The van der Waals surface area contributed by atoms with Crippen LogP contribution in [0, 0.1) is 0 Å². The van der Waals surface area contributed by atoms with E-state index in [1.165, 1.54) is 0 Å². The topological polar surface area (TPSA) is 18.5 Å². The van der Waals surface area contributed by atoms with E-state index in [-0.39, 0.29) is 0 Å². The summed E-state index contributed by atoms with van der Waals surface area (Å²) < 4.78 is 13.4. The van der Waals surface area contributed by atoms with Gasteiger partial charge in [0.25, 0.3) is 0 Å². The maximum atomic E-state index is 5.14. The van der Waals surface area contributed by atoms with E-state index >= 15 is 0 Å². The summed E-state index contributed by atoms with van der Waals surface area (Å²) in [6.45, 7) is 0. The minimum atomic E-state index is -1.79. The third-order valence-electron chi connectivity index (χ3n) is 3.16. The number of ether oxygens (including phenoxy) is 2. The van der Waals surface area contributed by atoms with Crippen molar-refractivity contribution in [2.75, 3.05) is 14.2 Å². The van der Waals surface area contributed by atoms with Crippen LogP contribution in [0.3, 0.4) is 0 Å². The second-order valence-corrected chi connectivity index (χ2v) is 39.0. The Morgan fingerprint density at radius 3 is 1.68 bits per heavy atom. The molecule has 22 heavy (non-hydrogen) atoms. The molecule has 6 heteroatoms. The van der Waals surface area contributed by atoms with Crippen LogP contribution in [0.4, 0.5) is 0 Å². The van der Waals surface area contributed by atoms with Gasteiger partial charge in [0, 0.05) is 0 Å². The number of hydrogen-bond donors (Lipinski definition) is 0. The molecule has 0 N–H and O–H groups in total. The van der Waals surface area contributed by atoms with Crippen molar-refractivity contribution in [3.63, 3.8) is 0 Å². The van der Waals surface area contributed by atoms with Gasteiger partial charge in [-0.1, -0.05) is 0 Å². The Hall–Kier alpha value is 0.597. The average Bonchev–Trinajstić information content (AvgIpc) is 3.07. The van der Waals surface area contributed by atoms with Crippen LogP contribution in [0.15, 0.2) is 23.6 Å². The zero-order chi connectivity index (χ0) is 17.0. The first-order chi connectivity index (χ1) is 10.1. The summed E-state index contributed by atoms with van der Waals surface area (Å²) in [5.74, 6) is 0. The van der Waals surface area contributed by atoms with E-state index in [1.807, 2.05) is 11.3 Å². The molecule has 0 amide bonds. The van der Waals surface area contributed by atoms with Crippen molar-refractivity contribution in [3.05, 3.63) is 23.6 Å². The second-order valence-electron chi connectivity index (χ2n) is 7.18. The molecule has 2 rings (SSSR count). The van der Waals surface area contributed by atoms with Crippen LogP contribution in [0.5, 0.6) is 10.1 Å². The van der Waals surface area contributed by atoms with Crippen molar-refractivity contribution >= 4 is 65.9 Å². The second kappa shape index (κ2) is 8.62. The van der Waals surface area contributed by atoms with E-state index in [0.29, 0.717) is 0 Å². The standard InChI is InChI=1S/2C5H5OS.6CH3.2Sn/c2*1-6-5-3-2-4-7-5;;;;;;;;/h3-4H,1H3;2-3H,1H3;6*1H3;;. The van der Waals surface area contributed by atoms with Crippen LogP contribution in [-0.4, -0.2) is 51.0 Å². The number of rotatable bonds is 4. The predicted molar refractivity (Wildman–Crippen MR) is 108 cm³/mol. The summed E-state index contributed by atoms with van der Waals surface area (Å²) in [5, 5.41) is 4.34. The number of thiophene rings is 2. The van der Waals surface area contributed by atoms with Crippen LogP contribution >= 0.6 is 22.7 Å². The van der Waals surface area contributed by atoms with Crippen molar-refractivity contribution in [3.8, 4) is 10.1 Å². The number of methoxy groups -OCH3 is 2. The fourth-order valence-corrected chi connectivity index (χ4v) is 14.1. The summed E-state index contributed by atoms with van der Waals surface area (Å²) in [7, 11) is 3.46. The minimum absolute atomic E-state index is 1.05. The molecule has 2 nitrogen and oxygen atoms in total. The molecule has 0 atom stereocenters. The fraction of sp³-hybridized carbons (Fsp3) is 0.500. The fourth-order valence-electron chi connectivity index (χ4n) is 1.65. The quantitative estimate of drug-likeness (QED) is 0.515. The van der Waals surface area contributed by atoms with Gasteiger partial charge in [0.05, 0.1) is 0 Å². The molecule has 0 aliphatic carbocycles. The molecular weight excluding hydrogens is 526 g/mol. The molecule has 0 unspecified atom stereocenters. The Morgan fingerprint density at radius 1 is 0.818 bits per heavy atom. The molecule has 0 fully saturated rings. The summed E-state index contributed by atoms with van der Waals surface area (Å²) >= 11 is -0.0448. The Bertz CT molecular complexity index is 525. The van der Waals surface area contributed by atoms with E-state index in [0.717, 1.165) is 10.1 Å². The molecular formula is C16H28O2S2Sn2. The third kappa shape index (κ3) is 6.61. The molecule has 0 bridgehead atoms.